The molecule has 0 saturated heterocycles. The predicted molar refractivity (Wildman–Crippen MR) is 104 cm³/mol. The fourth-order valence-electron chi connectivity index (χ4n) is 3.73. The molecule has 28 heavy (non-hydrogen) atoms. The van der Waals surface area contributed by atoms with Crippen molar-refractivity contribution in [1.29, 1.82) is 0 Å². The molecule has 1 N–H and O–H groups in total. The number of imidazole rings is 1. The second kappa shape index (κ2) is 7.33. The van der Waals surface area contributed by atoms with E-state index in [1.807, 2.05) is 12.1 Å². The van der Waals surface area contributed by atoms with Crippen LogP contribution in [-0.2, 0) is 29.5 Å². The zero-order valence-corrected chi connectivity index (χ0v) is 16.2. The van der Waals surface area contributed by atoms with Gasteiger partial charge in [-0.1, -0.05) is 18.2 Å². The second-order valence-corrected chi connectivity index (χ2v) is 8.24. The first-order chi connectivity index (χ1) is 13.4. The fourth-order valence-corrected chi connectivity index (χ4v) is 4.81. The van der Waals surface area contributed by atoms with Crippen molar-refractivity contribution in [2.45, 2.75) is 36.9 Å². The number of aromatic nitrogens is 2. The van der Waals surface area contributed by atoms with Gasteiger partial charge in [-0.3, -0.25) is 4.98 Å². The lowest BCUT2D eigenvalue weighted by atomic mass is 9.98. The van der Waals surface area contributed by atoms with Crippen molar-refractivity contribution in [3.63, 3.8) is 0 Å². The molecule has 2 aromatic carbocycles. The second-order valence-electron chi connectivity index (χ2n) is 6.87. The summed E-state index contributed by atoms with van der Waals surface area (Å²) in [6.45, 7) is 3.94. The molecule has 0 bridgehead atoms. The quantitative estimate of drug-likeness (QED) is 0.640. The van der Waals surface area contributed by atoms with Crippen LogP contribution in [0.5, 0.6) is 0 Å². The van der Waals surface area contributed by atoms with Gasteiger partial charge in [0.2, 0.25) is 0 Å². The van der Waals surface area contributed by atoms with Crippen molar-refractivity contribution in [3.05, 3.63) is 53.1 Å². The molecule has 1 unspecified atom stereocenters. The monoisotopic (exact) mass is 407 g/mol. The van der Waals surface area contributed by atoms with Gasteiger partial charge in [-0.05, 0) is 43.5 Å². The molecular formula is C20H20F3N3OS. The maximum absolute atomic E-state index is 12.9. The van der Waals surface area contributed by atoms with Gasteiger partial charge in [0.15, 0.2) is 0 Å². The lowest BCUT2D eigenvalue weighted by Crippen LogP contribution is -2.30. The molecule has 0 aliphatic carbocycles. The molecule has 0 radical (unpaired) electrons. The number of nitrogens with zero attached hydrogens (tertiary/aromatic N) is 2. The number of hydrogen-bond acceptors (Lipinski definition) is 3. The molecule has 0 saturated carbocycles. The van der Waals surface area contributed by atoms with E-state index in [9.17, 15) is 17.7 Å². The van der Waals surface area contributed by atoms with Crippen molar-refractivity contribution in [2.75, 3.05) is 18.0 Å². The number of hydrogen-bond donors (Lipinski definition) is 1. The Morgan fingerprint density at radius 2 is 2.07 bits per heavy atom. The average Bonchev–Trinajstić information content (AvgIpc) is 3.10. The summed E-state index contributed by atoms with van der Waals surface area (Å²) in [4.78, 5) is 9.36. The highest BCUT2D eigenvalue weighted by molar-refractivity contribution is 7.90. The molecule has 1 aliphatic rings. The van der Waals surface area contributed by atoms with Crippen molar-refractivity contribution >= 4 is 27.9 Å². The summed E-state index contributed by atoms with van der Waals surface area (Å²) in [6.07, 6.45) is -2.34. The number of rotatable bonds is 4. The highest BCUT2D eigenvalue weighted by atomic mass is 32.2. The molecule has 1 aliphatic heterocycles. The van der Waals surface area contributed by atoms with Crippen molar-refractivity contribution in [2.24, 2.45) is 0 Å². The molecule has 4 rings (SSSR count). The Morgan fingerprint density at radius 3 is 2.82 bits per heavy atom. The van der Waals surface area contributed by atoms with Gasteiger partial charge in [0.25, 0.3) is 0 Å². The Bertz CT molecular complexity index is 1000. The van der Waals surface area contributed by atoms with Crippen LogP contribution in [0, 0.1) is 0 Å². The van der Waals surface area contributed by atoms with Crippen LogP contribution in [0.1, 0.15) is 30.0 Å². The summed E-state index contributed by atoms with van der Waals surface area (Å²) < 4.78 is 51.6. The van der Waals surface area contributed by atoms with Crippen LogP contribution >= 0.6 is 0 Å². The Kier molecular flexibility index (Phi) is 5.01. The number of para-hydroxylation sites is 1. The van der Waals surface area contributed by atoms with Crippen LogP contribution in [0.3, 0.4) is 0 Å². The van der Waals surface area contributed by atoms with E-state index in [0.29, 0.717) is 5.52 Å². The van der Waals surface area contributed by atoms with E-state index in [2.05, 4.69) is 27.9 Å². The Morgan fingerprint density at radius 1 is 1.25 bits per heavy atom. The highest BCUT2D eigenvalue weighted by Gasteiger charge is 2.31. The number of halogens is 3. The first-order valence-electron chi connectivity index (χ1n) is 9.18. The zero-order chi connectivity index (χ0) is 19.9. The van der Waals surface area contributed by atoms with Gasteiger partial charge in [-0.25, -0.2) is 0 Å². The first-order valence-corrected chi connectivity index (χ1v) is 10.5. The third-order valence-corrected chi connectivity index (χ3v) is 6.26. The third kappa shape index (κ3) is 3.58. The van der Waals surface area contributed by atoms with E-state index in [1.165, 1.54) is 11.6 Å². The normalized spacial score (nSPS) is 15.7. The largest absolute Gasteiger partial charge is 0.609 e. The number of H-pyrrole nitrogens is 1. The van der Waals surface area contributed by atoms with Crippen LogP contribution in [0.4, 0.5) is 18.9 Å². The van der Waals surface area contributed by atoms with Crippen molar-refractivity contribution < 1.29 is 17.7 Å². The number of fused-ring (bicyclic) bond motifs is 2. The molecule has 0 spiro atoms. The summed E-state index contributed by atoms with van der Waals surface area (Å²) in [5.74, 6) is 0.269. The first kappa shape index (κ1) is 19.1. The Labute approximate surface area is 163 Å². The van der Waals surface area contributed by atoms with Gasteiger partial charge in [0, 0.05) is 35.5 Å². The number of nitrogens with one attached hydrogen (secondary N) is 1. The van der Waals surface area contributed by atoms with Crippen molar-refractivity contribution in [1.82, 2.24) is 9.97 Å². The van der Waals surface area contributed by atoms with E-state index in [0.717, 1.165) is 49.3 Å². The number of benzene rings is 2. The Hall–Kier alpha value is -2.19. The van der Waals surface area contributed by atoms with E-state index < -0.39 is 22.9 Å². The minimum Gasteiger partial charge on any atom is -0.609 e. The fraction of sp³-hybridized carbons (Fsp3) is 0.350. The molecule has 1 atom stereocenters. The Balaban J connectivity index is 1.63. The molecule has 8 heteroatoms. The number of anilines is 1. The smallest absolute Gasteiger partial charge is 0.416 e. The van der Waals surface area contributed by atoms with Gasteiger partial charge >= 0.3 is 11.3 Å². The van der Waals surface area contributed by atoms with Gasteiger partial charge in [-0.15, -0.1) is 0 Å². The number of aryl methyl sites for hydroxylation is 1. The van der Waals surface area contributed by atoms with E-state index in [4.69, 9.17) is 0 Å². The molecule has 2 heterocycles. The van der Waals surface area contributed by atoms with Crippen LogP contribution in [0.25, 0.3) is 11.0 Å². The third-order valence-electron chi connectivity index (χ3n) is 5.07. The molecule has 0 amide bonds. The standard InChI is InChI=1S/C20H20F3N3OS/c1-2-26-10-4-7-13-5-3-6-14(18(13)26)12-28(27)19-24-16-9-8-15(20(21,22)23)11-17(16)25-19/h3,5-6,8-9,11H,2,4,7,10,12H2,1H3,(H,24,25). The summed E-state index contributed by atoms with van der Waals surface area (Å²) in [5, 5.41) is 0.200. The SMILES string of the molecule is CCN1CCCc2cccc(C[S+]([O-])c3nc4cc(C(F)(F)F)ccc4[nH]3)c21. The maximum Gasteiger partial charge on any atom is 0.416 e. The van der Waals surface area contributed by atoms with Crippen molar-refractivity contribution in [3.8, 4) is 0 Å². The molecule has 148 valence electrons. The van der Waals surface area contributed by atoms with E-state index in [1.54, 1.807) is 0 Å². The summed E-state index contributed by atoms with van der Waals surface area (Å²) in [5.41, 5.74) is 3.22. The maximum atomic E-state index is 12.9. The number of alkyl halides is 3. The van der Waals surface area contributed by atoms with E-state index in [-0.39, 0.29) is 16.4 Å². The van der Waals surface area contributed by atoms with Crippen LogP contribution in [0.2, 0.25) is 0 Å². The molecule has 3 aromatic rings. The lowest BCUT2D eigenvalue weighted by molar-refractivity contribution is -0.137. The van der Waals surface area contributed by atoms with Crippen LogP contribution in [0.15, 0.2) is 41.6 Å². The molecule has 1 aromatic heterocycles. The predicted octanol–water partition coefficient (Wildman–Crippen LogP) is 4.66. The van der Waals surface area contributed by atoms with Crippen LogP contribution < -0.4 is 4.90 Å². The molecule has 0 fully saturated rings. The average molecular weight is 407 g/mol. The summed E-state index contributed by atoms with van der Waals surface area (Å²) in [7, 11) is 0. The lowest BCUT2D eigenvalue weighted by Gasteiger charge is -2.32. The minimum atomic E-state index is -4.43. The molecular weight excluding hydrogens is 387 g/mol. The van der Waals surface area contributed by atoms with E-state index >= 15 is 0 Å². The van der Waals surface area contributed by atoms with Gasteiger partial charge < -0.3 is 9.45 Å². The molecule has 4 nitrogen and oxygen atoms in total. The minimum absolute atomic E-state index is 0.170. The zero-order valence-electron chi connectivity index (χ0n) is 15.3. The van der Waals surface area contributed by atoms with Gasteiger partial charge in [0.1, 0.15) is 5.75 Å². The van der Waals surface area contributed by atoms with Gasteiger partial charge in [0.05, 0.1) is 16.6 Å². The van der Waals surface area contributed by atoms with Gasteiger partial charge in [-0.2, -0.15) is 18.2 Å². The highest BCUT2D eigenvalue weighted by Crippen LogP contribution is 2.34. The topological polar surface area (TPSA) is 55.0 Å². The number of aromatic amines is 1. The summed E-state index contributed by atoms with van der Waals surface area (Å²) in [6, 6.07) is 9.35. The van der Waals surface area contributed by atoms with Crippen LogP contribution in [-0.4, -0.2) is 27.6 Å². The summed E-state index contributed by atoms with van der Waals surface area (Å²) >= 11 is -1.48.